The molecular formula is C17H20N4O6. The molecule has 0 saturated carbocycles. The molecule has 2 aliphatic rings. The van der Waals surface area contributed by atoms with Crippen molar-refractivity contribution in [3.05, 3.63) is 23.8 Å². The Hall–Kier alpha value is -3.14. The second-order valence-corrected chi connectivity index (χ2v) is 5.85. The summed E-state index contributed by atoms with van der Waals surface area (Å²) in [5.41, 5.74) is 0.644. The van der Waals surface area contributed by atoms with Crippen LogP contribution in [-0.4, -0.2) is 80.5 Å². The first-order valence-corrected chi connectivity index (χ1v) is 8.38. The number of nitrogens with one attached hydrogen (secondary N) is 1. The van der Waals surface area contributed by atoms with Gasteiger partial charge in [0.25, 0.3) is 5.91 Å². The summed E-state index contributed by atoms with van der Waals surface area (Å²) < 4.78 is 16.1. The Morgan fingerprint density at radius 3 is 2.74 bits per heavy atom. The minimum atomic E-state index is -0.565. The lowest BCUT2D eigenvalue weighted by Crippen LogP contribution is -2.43. The molecule has 10 heteroatoms. The van der Waals surface area contributed by atoms with Crippen LogP contribution in [0.5, 0.6) is 11.5 Å². The number of benzene rings is 1. The van der Waals surface area contributed by atoms with E-state index in [2.05, 4.69) is 10.4 Å². The van der Waals surface area contributed by atoms with Crippen LogP contribution in [-0.2, 0) is 14.3 Å². The van der Waals surface area contributed by atoms with Crippen molar-refractivity contribution in [1.29, 1.82) is 0 Å². The van der Waals surface area contributed by atoms with Gasteiger partial charge in [0.05, 0.1) is 26.5 Å². The number of nitrogens with zero attached hydrogens (tertiary/aromatic N) is 3. The number of hydrazone groups is 1. The zero-order chi connectivity index (χ0) is 19.2. The van der Waals surface area contributed by atoms with Crippen LogP contribution >= 0.6 is 0 Å². The summed E-state index contributed by atoms with van der Waals surface area (Å²) in [6, 6.07) is 4.46. The number of rotatable bonds is 6. The van der Waals surface area contributed by atoms with E-state index >= 15 is 0 Å². The van der Waals surface area contributed by atoms with Crippen molar-refractivity contribution in [2.24, 2.45) is 5.10 Å². The predicted molar refractivity (Wildman–Crippen MR) is 93.7 cm³/mol. The molecular weight excluding hydrogens is 356 g/mol. The molecule has 144 valence electrons. The SMILES string of the molecule is COc1cc(/C=N\N2CC(=O)NC2=O)ccc1OCC(=O)N1CCOCC1. The van der Waals surface area contributed by atoms with Gasteiger partial charge in [0.1, 0.15) is 6.54 Å². The number of morpholine rings is 1. The smallest absolute Gasteiger partial charge is 0.344 e. The number of hydrogen-bond acceptors (Lipinski definition) is 7. The molecule has 3 rings (SSSR count). The highest BCUT2D eigenvalue weighted by atomic mass is 16.5. The van der Waals surface area contributed by atoms with E-state index in [1.807, 2.05) is 0 Å². The van der Waals surface area contributed by atoms with Crippen LogP contribution in [0.3, 0.4) is 0 Å². The van der Waals surface area contributed by atoms with E-state index in [4.69, 9.17) is 14.2 Å². The summed E-state index contributed by atoms with van der Waals surface area (Å²) in [6.07, 6.45) is 1.43. The van der Waals surface area contributed by atoms with E-state index < -0.39 is 11.9 Å². The molecule has 0 unspecified atom stereocenters. The highest BCUT2D eigenvalue weighted by Crippen LogP contribution is 2.27. The number of methoxy groups -OCH3 is 1. The summed E-state index contributed by atoms with van der Waals surface area (Å²) >= 11 is 0. The quantitative estimate of drug-likeness (QED) is 0.545. The fraction of sp³-hybridized carbons (Fsp3) is 0.412. The minimum absolute atomic E-state index is 0.0974. The fourth-order valence-corrected chi connectivity index (χ4v) is 2.59. The molecule has 0 bridgehead atoms. The van der Waals surface area contributed by atoms with Gasteiger partial charge >= 0.3 is 6.03 Å². The van der Waals surface area contributed by atoms with Crippen LogP contribution < -0.4 is 14.8 Å². The van der Waals surface area contributed by atoms with Crippen LogP contribution in [0.1, 0.15) is 5.56 Å². The van der Waals surface area contributed by atoms with Crippen molar-refractivity contribution in [2.75, 3.05) is 46.6 Å². The first-order valence-electron chi connectivity index (χ1n) is 8.38. The first kappa shape index (κ1) is 18.6. The van der Waals surface area contributed by atoms with Gasteiger partial charge in [-0.2, -0.15) is 5.10 Å². The number of hydrogen-bond donors (Lipinski definition) is 1. The third-order valence-corrected chi connectivity index (χ3v) is 4.02. The Morgan fingerprint density at radius 2 is 2.07 bits per heavy atom. The third-order valence-electron chi connectivity index (χ3n) is 4.02. The van der Waals surface area contributed by atoms with Gasteiger partial charge in [0.15, 0.2) is 18.1 Å². The lowest BCUT2D eigenvalue weighted by Gasteiger charge is -2.26. The number of urea groups is 1. The molecule has 27 heavy (non-hydrogen) atoms. The van der Waals surface area contributed by atoms with Crippen LogP contribution in [0.25, 0.3) is 0 Å². The van der Waals surface area contributed by atoms with E-state index in [1.165, 1.54) is 13.3 Å². The number of carbonyl (C=O) groups excluding carboxylic acids is 3. The topological polar surface area (TPSA) is 110 Å². The van der Waals surface area contributed by atoms with Gasteiger partial charge in [0, 0.05) is 13.1 Å². The average molecular weight is 376 g/mol. The molecule has 2 aliphatic heterocycles. The van der Waals surface area contributed by atoms with Gasteiger partial charge in [-0.05, 0) is 23.8 Å². The summed E-state index contributed by atoms with van der Waals surface area (Å²) in [4.78, 5) is 36.4. The summed E-state index contributed by atoms with van der Waals surface area (Å²) in [5, 5.41) is 7.13. The predicted octanol–water partition coefficient (Wildman–Crippen LogP) is -0.181. The first-order chi connectivity index (χ1) is 13.1. The fourth-order valence-electron chi connectivity index (χ4n) is 2.59. The number of amides is 4. The Morgan fingerprint density at radius 1 is 1.30 bits per heavy atom. The minimum Gasteiger partial charge on any atom is -0.493 e. The van der Waals surface area contributed by atoms with Crippen molar-refractivity contribution in [3.63, 3.8) is 0 Å². The monoisotopic (exact) mass is 376 g/mol. The Bertz CT molecular complexity index is 760. The Balaban J connectivity index is 1.61. The molecule has 2 fully saturated rings. The van der Waals surface area contributed by atoms with Crippen LogP contribution in [0.2, 0.25) is 0 Å². The highest BCUT2D eigenvalue weighted by Gasteiger charge is 2.26. The van der Waals surface area contributed by atoms with E-state index in [0.29, 0.717) is 43.4 Å². The highest BCUT2D eigenvalue weighted by molar-refractivity contribution is 6.02. The zero-order valence-electron chi connectivity index (χ0n) is 14.8. The Kier molecular flexibility index (Phi) is 5.87. The Labute approximate surface area is 155 Å². The van der Waals surface area contributed by atoms with E-state index in [9.17, 15) is 14.4 Å². The number of ether oxygens (including phenoxy) is 3. The standard InChI is InChI=1S/C17H20N4O6/c1-25-14-8-12(9-18-21-10-15(22)19-17(21)24)2-3-13(14)27-11-16(23)20-4-6-26-7-5-20/h2-3,8-9H,4-7,10-11H2,1H3,(H,19,22,24)/b18-9-. The van der Waals surface area contributed by atoms with E-state index in [1.54, 1.807) is 23.1 Å². The average Bonchev–Trinajstić information content (AvgIpc) is 3.02. The molecule has 1 aromatic rings. The molecule has 0 radical (unpaired) electrons. The van der Waals surface area contributed by atoms with Gasteiger partial charge in [-0.15, -0.1) is 0 Å². The normalized spacial score (nSPS) is 17.4. The van der Waals surface area contributed by atoms with Crippen LogP contribution in [0, 0.1) is 0 Å². The molecule has 2 heterocycles. The summed E-state index contributed by atoms with van der Waals surface area (Å²) in [5.74, 6) is 0.333. The molecule has 4 amide bonds. The summed E-state index contributed by atoms with van der Waals surface area (Å²) in [7, 11) is 1.49. The van der Waals surface area contributed by atoms with Crippen molar-refractivity contribution >= 4 is 24.1 Å². The number of carbonyl (C=O) groups is 3. The third kappa shape index (κ3) is 4.73. The molecule has 1 N–H and O–H groups in total. The molecule has 10 nitrogen and oxygen atoms in total. The maximum absolute atomic E-state index is 12.2. The van der Waals surface area contributed by atoms with Crippen molar-refractivity contribution in [1.82, 2.24) is 15.2 Å². The molecule has 0 spiro atoms. The second-order valence-electron chi connectivity index (χ2n) is 5.85. The number of imide groups is 1. The lowest BCUT2D eigenvalue weighted by atomic mass is 10.2. The van der Waals surface area contributed by atoms with Crippen LogP contribution in [0.15, 0.2) is 23.3 Å². The largest absolute Gasteiger partial charge is 0.493 e. The van der Waals surface area contributed by atoms with Gasteiger partial charge in [0.2, 0.25) is 5.91 Å². The molecule has 0 atom stereocenters. The van der Waals surface area contributed by atoms with Gasteiger partial charge in [-0.1, -0.05) is 0 Å². The maximum atomic E-state index is 12.2. The van der Waals surface area contributed by atoms with Crippen molar-refractivity contribution in [2.45, 2.75) is 0 Å². The summed E-state index contributed by atoms with van der Waals surface area (Å²) in [6.45, 7) is 1.97. The van der Waals surface area contributed by atoms with Gasteiger partial charge in [-0.3, -0.25) is 14.9 Å². The molecule has 0 aromatic heterocycles. The zero-order valence-corrected chi connectivity index (χ0v) is 14.8. The lowest BCUT2D eigenvalue weighted by molar-refractivity contribution is -0.137. The maximum Gasteiger partial charge on any atom is 0.344 e. The van der Waals surface area contributed by atoms with Crippen molar-refractivity contribution in [3.8, 4) is 11.5 Å². The van der Waals surface area contributed by atoms with Gasteiger partial charge < -0.3 is 19.1 Å². The van der Waals surface area contributed by atoms with Crippen molar-refractivity contribution < 1.29 is 28.6 Å². The second kappa shape index (κ2) is 8.49. The van der Waals surface area contributed by atoms with E-state index in [0.717, 1.165) is 5.01 Å². The van der Waals surface area contributed by atoms with E-state index in [-0.39, 0.29) is 19.1 Å². The molecule has 0 aliphatic carbocycles. The van der Waals surface area contributed by atoms with Crippen LogP contribution in [0.4, 0.5) is 4.79 Å². The molecule has 1 aromatic carbocycles. The molecule has 2 saturated heterocycles. The van der Waals surface area contributed by atoms with Gasteiger partial charge in [-0.25, -0.2) is 9.80 Å².